The molecule has 13 heavy (non-hydrogen) atoms. The fourth-order valence-corrected chi connectivity index (χ4v) is 1.82. The van der Waals surface area contributed by atoms with Gasteiger partial charge in [-0.1, -0.05) is 19.9 Å². The van der Waals surface area contributed by atoms with Crippen molar-refractivity contribution >= 4 is 21.6 Å². The maximum Gasteiger partial charge on any atom is 0.0505 e. The molecule has 0 atom stereocenters. The van der Waals surface area contributed by atoms with Gasteiger partial charge in [0.2, 0.25) is 0 Å². The van der Waals surface area contributed by atoms with Crippen LogP contribution in [0, 0.1) is 6.92 Å². The monoisotopic (exact) mass is 243 g/mol. The fourth-order valence-electron chi connectivity index (χ4n) is 0.975. The van der Waals surface area contributed by atoms with Gasteiger partial charge in [-0.15, -0.1) is 0 Å². The SMILES string of the molecule is CC.Cc1ccc(N(C)C)c(Br)c1. The number of hydrogen-bond acceptors (Lipinski definition) is 1. The Bertz CT molecular complexity index is 256. The molecule has 0 fully saturated rings. The van der Waals surface area contributed by atoms with E-state index in [0.29, 0.717) is 0 Å². The Morgan fingerprint density at radius 3 is 2.08 bits per heavy atom. The fraction of sp³-hybridized carbons (Fsp3) is 0.455. The molecular weight excluding hydrogens is 226 g/mol. The van der Waals surface area contributed by atoms with Crippen molar-refractivity contribution in [1.29, 1.82) is 0 Å². The van der Waals surface area contributed by atoms with E-state index >= 15 is 0 Å². The summed E-state index contributed by atoms with van der Waals surface area (Å²) in [5.74, 6) is 0. The van der Waals surface area contributed by atoms with Crippen LogP contribution < -0.4 is 4.90 Å². The lowest BCUT2D eigenvalue weighted by Crippen LogP contribution is -2.08. The highest BCUT2D eigenvalue weighted by Crippen LogP contribution is 2.25. The second kappa shape index (κ2) is 6.03. The van der Waals surface area contributed by atoms with Crippen molar-refractivity contribution in [2.24, 2.45) is 0 Å². The van der Waals surface area contributed by atoms with E-state index in [1.54, 1.807) is 0 Å². The van der Waals surface area contributed by atoms with Gasteiger partial charge < -0.3 is 4.90 Å². The number of anilines is 1. The van der Waals surface area contributed by atoms with Gasteiger partial charge in [0.05, 0.1) is 5.69 Å². The quantitative estimate of drug-likeness (QED) is 0.725. The van der Waals surface area contributed by atoms with Gasteiger partial charge in [-0.05, 0) is 40.5 Å². The molecule has 1 nitrogen and oxygen atoms in total. The van der Waals surface area contributed by atoms with Crippen LogP contribution in [0.25, 0.3) is 0 Å². The number of aryl methyl sites for hydroxylation is 1. The second-order valence-corrected chi connectivity index (χ2v) is 3.70. The summed E-state index contributed by atoms with van der Waals surface area (Å²) in [7, 11) is 4.07. The Hall–Kier alpha value is -0.500. The van der Waals surface area contributed by atoms with Gasteiger partial charge in [0, 0.05) is 18.6 Å². The average molecular weight is 244 g/mol. The van der Waals surface area contributed by atoms with E-state index in [0.717, 1.165) is 4.47 Å². The van der Waals surface area contributed by atoms with Gasteiger partial charge in [0.25, 0.3) is 0 Å². The maximum atomic E-state index is 3.51. The molecule has 0 aliphatic heterocycles. The second-order valence-electron chi connectivity index (χ2n) is 2.85. The third kappa shape index (κ3) is 3.81. The topological polar surface area (TPSA) is 3.24 Å². The molecule has 0 unspecified atom stereocenters. The number of nitrogens with zero attached hydrogens (tertiary/aromatic N) is 1. The summed E-state index contributed by atoms with van der Waals surface area (Å²) < 4.78 is 1.16. The molecule has 0 heterocycles. The summed E-state index contributed by atoms with van der Waals surface area (Å²) >= 11 is 3.51. The van der Waals surface area contributed by atoms with Crippen molar-refractivity contribution in [2.45, 2.75) is 20.8 Å². The van der Waals surface area contributed by atoms with Crippen molar-refractivity contribution in [1.82, 2.24) is 0 Å². The van der Waals surface area contributed by atoms with Crippen LogP contribution in [0.5, 0.6) is 0 Å². The van der Waals surface area contributed by atoms with Crippen LogP contribution >= 0.6 is 15.9 Å². The normalized spacial score (nSPS) is 8.77. The van der Waals surface area contributed by atoms with Crippen molar-refractivity contribution in [2.75, 3.05) is 19.0 Å². The molecule has 2 heteroatoms. The Balaban J connectivity index is 0.000000671. The van der Waals surface area contributed by atoms with E-state index in [9.17, 15) is 0 Å². The molecule has 1 aromatic carbocycles. The Morgan fingerprint density at radius 1 is 1.15 bits per heavy atom. The summed E-state index contributed by atoms with van der Waals surface area (Å²) in [6.07, 6.45) is 0. The molecular formula is C11H18BrN. The molecule has 0 amide bonds. The maximum absolute atomic E-state index is 3.51. The van der Waals surface area contributed by atoms with E-state index in [2.05, 4.69) is 46.0 Å². The molecule has 0 N–H and O–H groups in total. The summed E-state index contributed by atoms with van der Waals surface area (Å²) in [6.45, 7) is 6.09. The third-order valence-corrected chi connectivity index (χ3v) is 2.22. The van der Waals surface area contributed by atoms with Crippen LogP contribution in [0.2, 0.25) is 0 Å². The zero-order valence-corrected chi connectivity index (χ0v) is 10.6. The van der Waals surface area contributed by atoms with Crippen LogP contribution in [-0.4, -0.2) is 14.1 Å². The number of halogens is 1. The highest BCUT2D eigenvalue weighted by Gasteiger charge is 1.99. The third-order valence-electron chi connectivity index (χ3n) is 1.58. The zero-order valence-electron chi connectivity index (χ0n) is 9.06. The van der Waals surface area contributed by atoms with Crippen molar-refractivity contribution in [3.8, 4) is 0 Å². The molecule has 1 aromatic rings. The summed E-state index contributed by atoms with van der Waals surface area (Å²) in [6, 6.07) is 6.34. The molecule has 0 saturated heterocycles. The molecule has 0 bridgehead atoms. The van der Waals surface area contributed by atoms with E-state index in [1.807, 2.05) is 27.9 Å². The van der Waals surface area contributed by atoms with E-state index < -0.39 is 0 Å². The first kappa shape index (κ1) is 12.5. The molecule has 0 saturated carbocycles. The van der Waals surface area contributed by atoms with E-state index in [1.165, 1.54) is 11.3 Å². The van der Waals surface area contributed by atoms with Gasteiger partial charge in [-0.25, -0.2) is 0 Å². The molecule has 0 aromatic heterocycles. The first-order chi connectivity index (χ1) is 6.11. The Labute approximate surface area is 89.9 Å². The standard InChI is InChI=1S/C9H12BrN.C2H6/c1-7-4-5-9(11(2)3)8(10)6-7;1-2/h4-6H,1-3H3;1-2H3. The van der Waals surface area contributed by atoms with Crippen molar-refractivity contribution in [3.63, 3.8) is 0 Å². The highest BCUT2D eigenvalue weighted by molar-refractivity contribution is 9.10. The van der Waals surface area contributed by atoms with Gasteiger partial charge in [-0.2, -0.15) is 0 Å². The molecule has 0 aliphatic carbocycles. The molecule has 0 spiro atoms. The van der Waals surface area contributed by atoms with E-state index in [4.69, 9.17) is 0 Å². The minimum atomic E-state index is 1.16. The minimum Gasteiger partial charge on any atom is -0.377 e. The predicted molar refractivity (Wildman–Crippen MR) is 64.6 cm³/mol. The van der Waals surface area contributed by atoms with Crippen molar-refractivity contribution < 1.29 is 0 Å². The smallest absolute Gasteiger partial charge is 0.0505 e. The van der Waals surface area contributed by atoms with Crippen molar-refractivity contribution in [3.05, 3.63) is 28.2 Å². The van der Waals surface area contributed by atoms with Crippen LogP contribution in [0.3, 0.4) is 0 Å². The lowest BCUT2D eigenvalue weighted by molar-refractivity contribution is 1.12. The van der Waals surface area contributed by atoms with Gasteiger partial charge in [0.1, 0.15) is 0 Å². The number of benzene rings is 1. The first-order valence-electron chi connectivity index (χ1n) is 4.55. The number of hydrogen-bond donors (Lipinski definition) is 0. The lowest BCUT2D eigenvalue weighted by Gasteiger charge is -2.14. The average Bonchev–Trinajstić information content (AvgIpc) is 2.07. The molecule has 1 rings (SSSR count). The van der Waals surface area contributed by atoms with E-state index in [-0.39, 0.29) is 0 Å². The molecule has 0 aliphatic rings. The zero-order chi connectivity index (χ0) is 10.4. The van der Waals surface area contributed by atoms with Crippen LogP contribution in [0.15, 0.2) is 22.7 Å². The van der Waals surface area contributed by atoms with Gasteiger partial charge >= 0.3 is 0 Å². The van der Waals surface area contributed by atoms with Gasteiger partial charge in [0.15, 0.2) is 0 Å². The predicted octanol–water partition coefficient (Wildman–Crippen LogP) is 3.85. The highest BCUT2D eigenvalue weighted by atomic mass is 79.9. The summed E-state index contributed by atoms with van der Waals surface area (Å²) in [5.41, 5.74) is 2.50. The Kier molecular flexibility index (Phi) is 5.80. The van der Waals surface area contributed by atoms with Gasteiger partial charge in [-0.3, -0.25) is 0 Å². The van der Waals surface area contributed by atoms with Crippen LogP contribution in [0.1, 0.15) is 19.4 Å². The number of rotatable bonds is 1. The van der Waals surface area contributed by atoms with Crippen LogP contribution in [-0.2, 0) is 0 Å². The first-order valence-corrected chi connectivity index (χ1v) is 5.34. The minimum absolute atomic E-state index is 1.16. The van der Waals surface area contributed by atoms with Crippen LogP contribution in [0.4, 0.5) is 5.69 Å². The summed E-state index contributed by atoms with van der Waals surface area (Å²) in [4.78, 5) is 2.09. The molecule has 74 valence electrons. The molecule has 0 radical (unpaired) electrons. The summed E-state index contributed by atoms with van der Waals surface area (Å²) in [5, 5.41) is 0. The largest absolute Gasteiger partial charge is 0.377 e. The Morgan fingerprint density at radius 2 is 1.69 bits per heavy atom. The lowest BCUT2D eigenvalue weighted by atomic mass is 10.2.